The molecule has 0 saturated heterocycles. The molecule has 2 aromatic rings. The fraction of sp³-hybridized carbons (Fsp3) is 0.235. The highest BCUT2D eigenvalue weighted by Crippen LogP contribution is 2.17. The van der Waals surface area contributed by atoms with E-state index < -0.39 is 23.2 Å². The summed E-state index contributed by atoms with van der Waals surface area (Å²) in [4.78, 5) is 28.9. The van der Waals surface area contributed by atoms with Crippen LogP contribution >= 0.6 is 11.6 Å². The van der Waals surface area contributed by atoms with E-state index in [1.165, 1.54) is 36.5 Å². The van der Waals surface area contributed by atoms with Gasteiger partial charge in [-0.1, -0.05) is 23.7 Å². The number of halogens is 2. The Morgan fingerprint density at radius 1 is 1.21 bits per heavy atom. The molecule has 0 bridgehead atoms. The topological polar surface area (TPSA) is 62.3 Å². The molecule has 7 heteroatoms. The van der Waals surface area contributed by atoms with E-state index in [2.05, 4.69) is 10.4 Å². The number of benzene rings is 1. The highest BCUT2D eigenvalue weighted by Gasteiger charge is 2.30. The van der Waals surface area contributed by atoms with Crippen LogP contribution in [0.2, 0.25) is 5.15 Å². The number of amides is 2. The largest absolute Gasteiger partial charge is 0.272 e. The lowest BCUT2D eigenvalue weighted by Crippen LogP contribution is -2.56. The molecule has 2 rings (SSSR count). The lowest BCUT2D eigenvalue weighted by atomic mass is 10.1. The Morgan fingerprint density at radius 2 is 1.88 bits per heavy atom. The summed E-state index contributed by atoms with van der Waals surface area (Å²) in [6.07, 6.45) is 1.40. The van der Waals surface area contributed by atoms with E-state index in [1.54, 1.807) is 26.8 Å². The zero-order chi connectivity index (χ0) is 17.9. The van der Waals surface area contributed by atoms with E-state index in [1.807, 2.05) is 0 Å². The predicted molar refractivity (Wildman–Crippen MR) is 89.0 cm³/mol. The molecule has 0 aliphatic rings. The van der Waals surface area contributed by atoms with Crippen LogP contribution in [0, 0.1) is 5.82 Å². The zero-order valence-corrected chi connectivity index (χ0v) is 14.3. The molecule has 0 aliphatic heterocycles. The summed E-state index contributed by atoms with van der Waals surface area (Å²) in [6.45, 7) is 5.24. The molecule has 126 valence electrons. The van der Waals surface area contributed by atoms with Gasteiger partial charge in [0.2, 0.25) is 0 Å². The van der Waals surface area contributed by atoms with Crippen molar-refractivity contribution in [3.05, 3.63) is 64.7 Å². The van der Waals surface area contributed by atoms with Crippen LogP contribution in [0.1, 0.15) is 41.5 Å². The van der Waals surface area contributed by atoms with Crippen molar-refractivity contribution in [3.8, 4) is 0 Å². The van der Waals surface area contributed by atoms with Gasteiger partial charge in [-0.05, 0) is 45.0 Å². The van der Waals surface area contributed by atoms with E-state index in [0.29, 0.717) is 0 Å². The number of hydrazine groups is 1. The fourth-order valence-corrected chi connectivity index (χ4v) is 2.17. The summed E-state index contributed by atoms with van der Waals surface area (Å²) in [7, 11) is 0. The van der Waals surface area contributed by atoms with Crippen molar-refractivity contribution in [2.24, 2.45) is 0 Å². The number of nitrogens with zero attached hydrogens (tertiary/aromatic N) is 2. The normalized spacial score (nSPS) is 11.0. The van der Waals surface area contributed by atoms with Crippen molar-refractivity contribution in [2.45, 2.75) is 26.3 Å². The molecule has 24 heavy (non-hydrogen) atoms. The van der Waals surface area contributed by atoms with Gasteiger partial charge in [0.1, 0.15) is 11.0 Å². The highest BCUT2D eigenvalue weighted by atomic mass is 35.5. The molecule has 2 amide bonds. The van der Waals surface area contributed by atoms with Crippen LogP contribution in [0.4, 0.5) is 4.39 Å². The average molecular weight is 350 g/mol. The van der Waals surface area contributed by atoms with Gasteiger partial charge in [-0.2, -0.15) is 0 Å². The van der Waals surface area contributed by atoms with E-state index >= 15 is 0 Å². The van der Waals surface area contributed by atoms with Crippen molar-refractivity contribution >= 4 is 23.4 Å². The molecule has 0 unspecified atom stereocenters. The Hall–Kier alpha value is -2.47. The van der Waals surface area contributed by atoms with Crippen LogP contribution in [-0.4, -0.2) is 27.3 Å². The molecule has 0 radical (unpaired) electrons. The van der Waals surface area contributed by atoms with E-state index in [-0.39, 0.29) is 16.3 Å². The SMILES string of the molecule is CC(C)(C)N(NC(=O)c1ccccc1F)C(=O)c1ccnc(Cl)c1. The summed E-state index contributed by atoms with van der Waals surface area (Å²) in [5, 5.41) is 1.31. The first-order chi connectivity index (χ1) is 11.2. The van der Waals surface area contributed by atoms with Gasteiger partial charge >= 0.3 is 0 Å². The minimum atomic E-state index is -0.742. The van der Waals surface area contributed by atoms with Gasteiger partial charge in [-0.25, -0.2) is 14.4 Å². The second kappa shape index (κ2) is 6.97. The number of carbonyl (C=O) groups excluding carboxylic acids is 2. The van der Waals surface area contributed by atoms with Crippen molar-refractivity contribution < 1.29 is 14.0 Å². The molecule has 0 fully saturated rings. The maximum Gasteiger partial charge on any atom is 0.272 e. The van der Waals surface area contributed by atoms with Crippen LogP contribution in [0.25, 0.3) is 0 Å². The third-order valence-electron chi connectivity index (χ3n) is 3.18. The molecule has 1 aromatic carbocycles. The van der Waals surface area contributed by atoms with Crippen molar-refractivity contribution in [1.29, 1.82) is 0 Å². The van der Waals surface area contributed by atoms with Crippen LogP contribution in [-0.2, 0) is 0 Å². The van der Waals surface area contributed by atoms with Crippen LogP contribution < -0.4 is 5.43 Å². The van der Waals surface area contributed by atoms with Gasteiger partial charge in [-0.3, -0.25) is 15.0 Å². The summed E-state index contributed by atoms with van der Waals surface area (Å²) >= 11 is 5.81. The maximum atomic E-state index is 13.8. The summed E-state index contributed by atoms with van der Waals surface area (Å²) in [5.41, 5.74) is 1.85. The van der Waals surface area contributed by atoms with Gasteiger partial charge in [0, 0.05) is 11.8 Å². The molecule has 0 atom stereocenters. The maximum absolute atomic E-state index is 13.8. The van der Waals surface area contributed by atoms with Crippen LogP contribution in [0.3, 0.4) is 0 Å². The Labute approximate surface area is 144 Å². The summed E-state index contributed by atoms with van der Waals surface area (Å²) in [5.74, 6) is -1.85. The standard InChI is InChI=1S/C17H17ClFN3O2/c1-17(2,3)22(16(24)11-8-9-20-14(18)10-11)21-15(23)12-6-4-5-7-13(12)19/h4-10H,1-3H3,(H,21,23). The molecule has 0 saturated carbocycles. The van der Waals surface area contributed by atoms with Gasteiger partial charge in [0.15, 0.2) is 0 Å². The molecule has 1 heterocycles. The Kier molecular flexibility index (Phi) is 5.19. The lowest BCUT2D eigenvalue weighted by molar-refractivity contribution is 0.0357. The molecule has 5 nitrogen and oxygen atoms in total. The third kappa shape index (κ3) is 4.08. The Balaban J connectivity index is 2.32. The second-order valence-electron chi connectivity index (χ2n) is 6.10. The number of carbonyl (C=O) groups is 2. The summed E-state index contributed by atoms with van der Waals surface area (Å²) in [6, 6.07) is 8.45. The van der Waals surface area contributed by atoms with E-state index in [4.69, 9.17) is 11.6 Å². The number of aromatic nitrogens is 1. The molecule has 0 aliphatic carbocycles. The molecular weight excluding hydrogens is 333 g/mol. The first-order valence-corrected chi connectivity index (χ1v) is 7.59. The Bertz CT molecular complexity index is 774. The second-order valence-corrected chi connectivity index (χ2v) is 6.49. The van der Waals surface area contributed by atoms with Gasteiger partial charge < -0.3 is 0 Å². The monoisotopic (exact) mass is 349 g/mol. The first-order valence-electron chi connectivity index (χ1n) is 7.22. The van der Waals surface area contributed by atoms with Crippen LogP contribution in [0.5, 0.6) is 0 Å². The summed E-state index contributed by atoms with van der Waals surface area (Å²) < 4.78 is 13.8. The molecular formula is C17H17ClFN3O2. The third-order valence-corrected chi connectivity index (χ3v) is 3.39. The number of nitrogens with one attached hydrogen (secondary N) is 1. The first kappa shape index (κ1) is 17.9. The zero-order valence-electron chi connectivity index (χ0n) is 13.5. The lowest BCUT2D eigenvalue weighted by Gasteiger charge is -2.35. The quantitative estimate of drug-likeness (QED) is 0.667. The number of hydrogen-bond acceptors (Lipinski definition) is 3. The van der Waals surface area contributed by atoms with E-state index in [0.717, 1.165) is 5.01 Å². The fourth-order valence-electron chi connectivity index (χ4n) is 1.99. The Morgan fingerprint density at radius 3 is 2.46 bits per heavy atom. The number of hydrogen-bond donors (Lipinski definition) is 1. The minimum Gasteiger partial charge on any atom is -0.267 e. The average Bonchev–Trinajstić information content (AvgIpc) is 2.51. The smallest absolute Gasteiger partial charge is 0.267 e. The molecule has 0 spiro atoms. The van der Waals surface area contributed by atoms with Crippen molar-refractivity contribution in [1.82, 2.24) is 15.4 Å². The van der Waals surface area contributed by atoms with Gasteiger partial charge in [0.25, 0.3) is 11.8 Å². The molecule has 1 N–H and O–H groups in total. The van der Waals surface area contributed by atoms with Crippen molar-refractivity contribution in [3.63, 3.8) is 0 Å². The molecule has 1 aromatic heterocycles. The predicted octanol–water partition coefficient (Wildman–Crippen LogP) is 3.46. The highest BCUT2D eigenvalue weighted by molar-refractivity contribution is 6.29. The van der Waals surface area contributed by atoms with Crippen LogP contribution in [0.15, 0.2) is 42.6 Å². The van der Waals surface area contributed by atoms with Crippen molar-refractivity contribution in [2.75, 3.05) is 0 Å². The van der Waals surface area contributed by atoms with Gasteiger partial charge in [-0.15, -0.1) is 0 Å². The van der Waals surface area contributed by atoms with E-state index in [9.17, 15) is 14.0 Å². The van der Waals surface area contributed by atoms with Gasteiger partial charge in [0.05, 0.1) is 11.1 Å². The number of pyridine rings is 1. The minimum absolute atomic E-state index is 0.146. The number of rotatable bonds is 2.